The summed E-state index contributed by atoms with van der Waals surface area (Å²) in [6, 6.07) is 7.04. The highest BCUT2D eigenvalue weighted by atomic mass is 32.2. The van der Waals surface area contributed by atoms with Gasteiger partial charge in [-0.05, 0) is 31.4 Å². The summed E-state index contributed by atoms with van der Waals surface area (Å²) in [7, 11) is -3.69. The Balaban J connectivity index is 2.29. The molecule has 0 bridgehead atoms. The van der Waals surface area contributed by atoms with E-state index in [0.29, 0.717) is 25.7 Å². The monoisotopic (exact) mass is 422 g/mol. The van der Waals surface area contributed by atoms with Gasteiger partial charge in [-0.25, -0.2) is 8.42 Å². The molecule has 0 aromatic heterocycles. The van der Waals surface area contributed by atoms with Crippen molar-refractivity contribution in [1.82, 2.24) is 5.32 Å². The summed E-state index contributed by atoms with van der Waals surface area (Å²) in [5.41, 5.74) is 4.02. The number of carbonyl (C=O) groups excluding carboxylic acids is 3. The number of sulfone groups is 1. The third-order valence-corrected chi connectivity index (χ3v) is 7.50. The van der Waals surface area contributed by atoms with Gasteiger partial charge in [-0.15, -0.1) is 0 Å². The summed E-state index contributed by atoms with van der Waals surface area (Å²) in [4.78, 5) is 37.0. The van der Waals surface area contributed by atoms with Crippen LogP contribution in [0.15, 0.2) is 35.2 Å². The minimum absolute atomic E-state index is 0.175. The fourth-order valence-corrected chi connectivity index (χ4v) is 5.79. The molecular formula is C21H30N2O5S. The normalized spacial score (nSPS) is 17.3. The van der Waals surface area contributed by atoms with E-state index >= 15 is 0 Å². The summed E-state index contributed by atoms with van der Waals surface area (Å²) >= 11 is 0. The van der Waals surface area contributed by atoms with Gasteiger partial charge in [0.1, 0.15) is 0 Å². The molecule has 29 heavy (non-hydrogen) atoms. The van der Waals surface area contributed by atoms with Gasteiger partial charge in [0.25, 0.3) is 5.91 Å². The van der Waals surface area contributed by atoms with Crippen molar-refractivity contribution in [3.8, 4) is 0 Å². The quantitative estimate of drug-likeness (QED) is 0.559. The lowest BCUT2D eigenvalue weighted by Gasteiger charge is -2.36. The molecule has 1 fully saturated rings. The number of amides is 2. The van der Waals surface area contributed by atoms with Crippen LogP contribution in [0.1, 0.15) is 58.3 Å². The Morgan fingerprint density at radius 3 is 2.28 bits per heavy atom. The zero-order chi connectivity index (χ0) is 21.5. The molecule has 7 nitrogen and oxygen atoms in total. The number of primary amides is 1. The van der Waals surface area contributed by atoms with Crippen LogP contribution in [0.5, 0.6) is 0 Å². The van der Waals surface area contributed by atoms with E-state index in [4.69, 9.17) is 5.73 Å². The average Bonchev–Trinajstić information content (AvgIpc) is 2.71. The topological polar surface area (TPSA) is 123 Å². The molecule has 0 spiro atoms. The predicted molar refractivity (Wildman–Crippen MR) is 110 cm³/mol. The van der Waals surface area contributed by atoms with Crippen LogP contribution in [0.25, 0.3) is 0 Å². The first-order valence-electron chi connectivity index (χ1n) is 10.1. The SMILES string of the molecule is CCCC[C@H](NC(=O)C1(CS(=O)(=O)c2ccccc2)CCCCC1)C(=O)C(N)=O. The van der Waals surface area contributed by atoms with Gasteiger partial charge < -0.3 is 11.1 Å². The third-order valence-electron chi connectivity index (χ3n) is 5.57. The molecule has 1 aliphatic carbocycles. The number of unbranched alkanes of at least 4 members (excludes halogenated alkanes) is 1. The highest BCUT2D eigenvalue weighted by Gasteiger charge is 2.44. The molecule has 1 atom stereocenters. The van der Waals surface area contributed by atoms with Crippen molar-refractivity contribution in [3.05, 3.63) is 30.3 Å². The van der Waals surface area contributed by atoms with Crippen LogP contribution in [0, 0.1) is 5.41 Å². The van der Waals surface area contributed by atoms with Crippen LogP contribution >= 0.6 is 0 Å². The maximum absolute atomic E-state index is 13.2. The van der Waals surface area contributed by atoms with Gasteiger partial charge in [-0.3, -0.25) is 14.4 Å². The number of hydrogen-bond donors (Lipinski definition) is 2. The molecule has 0 aliphatic heterocycles. The van der Waals surface area contributed by atoms with Crippen molar-refractivity contribution in [1.29, 1.82) is 0 Å². The van der Waals surface area contributed by atoms with E-state index in [9.17, 15) is 22.8 Å². The van der Waals surface area contributed by atoms with E-state index in [1.165, 1.54) is 12.1 Å². The van der Waals surface area contributed by atoms with E-state index in [1.807, 2.05) is 6.92 Å². The zero-order valence-electron chi connectivity index (χ0n) is 16.9. The standard InChI is InChI=1S/C21H30N2O5S/c1-2-3-12-17(18(24)19(22)25)23-20(26)21(13-8-5-9-14-21)15-29(27,28)16-10-6-4-7-11-16/h4,6-7,10-11,17H,2-3,5,8-9,12-15H2,1H3,(H2,22,25)(H,23,26)/t17-/m0/s1. The van der Waals surface area contributed by atoms with Gasteiger partial charge in [0.15, 0.2) is 9.84 Å². The van der Waals surface area contributed by atoms with Gasteiger partial charge in [0.05, 0.1) is 22.1 Å². The van der Waals surface area contributed by atoms with Crippen LogP contribution in [-0.2, 0) is 24.2 Å². The number of ketones is 1. The Kier molecular flexibility index (Phi) is 7.96. The number of nitrogens with one attached hydrogen (secondary N) is 1. The number of rotatable bonds is 10. The molecule has 2 amide bonds. The van der Waals surface area contributed by atoms with Crippen molar-refractivity contribution in [3.63, 3.8) is 0 Å². The van der Waals surface area contributed by atoms with Crippen molar-refractivity contribution in [2.75, 3.05) is 5.75 Å². The first-order valence-corrected chi connectivity index (χ1v) is 11.8. The molecule has 1 saturated carbocycles. The molecule has 1 aromatic carbocycles. The van der Waals surface area contributed by atoms with Crippen molar-refractivity contribution in [2.24, 2.45) is 11.1 Å². The molecule has 3 N–H and O–H groups in total. The van der Waals surface area contributed by atoms with Gasteiger partial charge >= 0.3 is 0 Å². The number of benzene rings is 1. The van der Waals surface area contributed by atoms with E-state index in [-0.39, 0.29) is 10.6 Å². The van der Waals surface area contributed by atoms with Crippen LogP contribution < -0.4 is 11.1 Å². The minimum atomic E-state index is -3.69. The number of hydrogen-bond acceptors (Lipinski definition) is 5. The highest BCUT2D eigenvalue weighted by molar-refractivity contribution is 7.91. The molecule has 8 heteroatoms. The highest BCUT2D eigenvalue weighted by Crippen LogP contribution is 2.39. The molecule has 0 saturated heterocycles. The van der Waals surface area contributed by atoms with E-state index in [0.717, 1.165) is 25.7 Å². The smallest absolute Gasteiger partial charge is 0.287 e. The summed E-state index contributed by atoms with van der Waals surface area (Å²) in [6.07, 6.45) is 4.98. The van der Waals surface area contributed by atoms with Gasteiger partial charge in [-0.2, -0.15) is 0 Å². The van der Waals surface area contributed by atoms with E-state index < -0.39 is 38.9 Å². The van der Waals surface area contributed by atoms with E-state index in [1.54, 1.807) is 18.2 Å². The second-order valence-electron chi connectivity index (χ2n) is 7.81. The summed E-state index contributed by atoms with van der Waals surface area (Å²) < 4.78 is 26.0. The maximum Gasteiger partial charge on any atom is 0.287 e. The lowest BCUT2D eigenvalue weighted by atomic mass is 9.74. The van der Waals surface area contributed by atoms with Crippen molar-refractivity contribution >= 4 is 27.4 Å². The second kappa shape index (κ2) is 10.0. The third kappa shape index (κ3) is 5.88. The van der Waals surface area contributed by atoms with Crippen molar-refractivity contribution in [2.45, 2.75) is 69.2 Å². The fourth-order valence-electron chi connectivity index (χ4n) is 3.90. The molecule has 1 aromatic rings. The van der Waals surface area contributed by atoms with Crippen LogP contribution in [0.2, 0.25) is 0 Å². The van der Waals surface area contributed by atoms with Crippen molar-refractivity contribution < 1.29 is 22.8 Å². The van der Waals surface area contributed by atoms with Crippen LogP contribution in [-0.4, -0.2) is 37.8 Å². The number of Topliss-reactive ketones (excluding diaryl/α,β-unsaturated/α-hetero) is 1. The Bertz CT molecular complexity index is 830. The first kappa shape index (κ1) is 23.1. The fraction of sp³-hybridized carbons (Fsp3) is 0.571. The molecule has 0 radical (unpaired) electrons. The predicted octanol–water partition coefficient (Wildman–Crippen LogP) is 2.14. The molecule has 0 unspecified atom stereocenters. The zero-order valence-corrected chi connectivity index (χ0v) is 17.7. The molecular weight excluding hydrogens is 392 g/mol. The minimum Gasteiger partial charge on any atom is -0.363 e. The Morgan fingerprint density at radius 1 is 1.10 bits per heavy atom. The summed E-state index contributed by atoms with van der Waals surface area (Å²) in [5, 5.41) is 2.66. The van der Waals surface area contributed by atoms with E-state index in [2.05, 4.69) is 5.32 Å². The first-order chi connectivity index (χ1) is 13.7. The maximum atomic E-state index is 13.2. The van der Waals surface area contributed by atoms with Crippen LogP contribution in [0.3, 0.4) is 0 Å². The van der Waals surface area contributed by atoms with Gasteiger partial charge in [-0.1, -0.05) is 57.2 Å². The number of nitrogens with two attached hydrogens (primary N) is 1. The largest absolute Gasteiger partial charge is 0.363 e. The molecule has 1 aliphatic rings. The molecule has 160 valence electrons. The van der Waals surface area contributed by atoms with Crippen LogP contribution in [0.4, 0.5) is 0 Å². The Morgan fingerprint density at radius 2 is 1.72 bits per heavy atom. The number of carbonyl (C=O) groups is 3. The second-order valence-corrected chi connectivity index (χ2v) is 9.80. The molecule has 0 heterocycles. The molecule has 2 rings (SSSR count). The van der Waals surface area contributed by atoms with Gasteiger partial charge in [0, 0.05) is 0 Å². The summed E-state index contributed by atoms with van der Waals surface area (Å²) in [6.45, 7) is 1.93. The lowest BCUT2D eigenvalue weighted by Crippen LogP contribution is -2.53. The van der Waals surface area contributed by atoms with Gasteiger partial charge in [0.2, 0.25) is 11.7 Å². The lowest BCUT2D eigenvalue weighted by molar-refractivity contribution is -0.140. The Hall–Kier alpha value is -2.22. The summed E-state index contributed by atoms with van der Waals surface area (Å²) in [5.74, 6) is -2.74. The average molecular weight is 423 g/mol. The Labute approximate surface area is 172 Å².